The third-order valence-corrected chi connectivity index (χ3v) is 6.81. The van der Waals surface area contributed by atoms with Gasteiger partial charge in [-0.05, 0) is 64.3 Å². The van der Waals surface area contributed by atoms with Crippen molar-refractivity contribution in [1.29, 1.82) is 0 Å². The first-order chi connectivity index (χ1) is 18.0. The summed E-state index contributed by atoms with van der Waals surface area (Å²) in [7, 11) is 1.68. The van der Waals surface area contributed by atoms with E-state index in [2.05, 4.69) is 20.2 Å². The quantitative estimate of drug-likeness (QED) is 0.618. The molecule has 1 aromatic carbocycles. The van der Waals surface area contributed by atoms with Crippen LogP contribution in [0.2, 0.25) is 0 Å². The Morgan fingerprint density at radius 2 is 1.76 bits per heavy atom. The van der Waals surface area contributed by atoms with Gasteiger partial charge in [-0.1, -0.05) is 0 Å². The van der Waals surface area contributed by atoms with E-state index in [1.165, 1.54) is 4.90 Å². The highest BCUT2D eigenvalue weighted by Gasteiger charge is 2.33. The molecule has 2 aromatic rings. The zero-order valence-electron chi connectivity index (χ0n) is 22.9. The van der Waals surface area contributed by atoms with Gasteiger partial charge in [-0.2, -0.15) is 4.98 Å². The van der Waals surface area contributed by atoms with Crippen molar-refractivity contribution in [2.45, 2.75) is 58.7 Å². The molecule has 0 bridgehead atoms. The molecular formula is C27H38FN7O3. The van der Waals surface area contributed by atoms with E-state index >= 15 is 0 Å². The lowest BCUT2D eigenvalue weighted by atomic mass is 10.1. The number of ether oxygens (including phenoxy) is 1. The van der Waals surface area contributed by atoms with Crippen molar-refractivity contribution < 1.29 is 18.7 Å². The number of hydrogen-bond donors (Lipinski definition) is 1. The zero-order valence-corrected chi connectivity index (χ0v) is 22.9. The average Bonchev–Trinajstić information content (AvgIpc) is 2.89. The molecule has 2 saturated heterocycles. The van der Waals surface area contributed by atoms with Crippen molar-refractivity contribution in [3.63, 3.8) is 0 Å². The zero-order chi connectivity index (χ0) is 27.4. The summed E-state index contributed by atoms with van der Waals surface area (Å²) < 4.78 is 20.5. The van der Waals surface area contributed by atoms with Crippen LogP contribution in [0.5, 0.6) is 0 Å². The van der Waals surface area contributed by atoms with Crippen LogP contribution in [-0.4, -0.2) is 83.3 Å². The molecule has 0 spiro atoms. The van der Waals surface area contributed by atoms with Crippen molar-refractivity contribution in [2.75, 3.05) is 54.9 Å². The molecule has 2 amide bonds. The van der Waals surface area contributed by atoms with Gasteiger partial charge in [0.2, 0.25) is 11.9 Å². The number of carbonyl (C=O) groups excluding carboxylic acids is 2. The molecule has 1 unspecified atom stereocenters. The molecule has 2 aliphatic rings. The molecule has 206 valence electrons. The number of amides is 2. The van der Waals surface area contributed by atoms with Crippen molar-refractivity contribution in [3.8, 4) is 0 Å². The minimum Gasteiger partial charge on any atom is -0.444 e. The second-order valence-corrected chi connectivity index (χ2v) is 10.8. The van der Waals surface area contributed by atoms with Crippen molar-refractivity contribution in [1.82, 2.24) is 19.8 Å². The van der Waals surface area contributed by atoms with Gasteiger partial charge in [0.25, 0.3) is 0 Å². The summed E-state index contributed by atoms with van der Waals surface area (Å²) in [5.41, 5.74) is 1.22. The topological polar surface area (TPSA) is 94.1 Å². The fraction of sp³-hybridized carbons (Fsp3) is 0.556. The Labute approximate surface area is 223 Å². The van der Waals surface area contributed by atoms with Crippen molar-refractivity contribution >= 4 is 35.1 Å². The fourth-order valence-electron chi connectivity index (χ4n) is 4.80. The highest BCUT2D eigenvalue weighted by molar-refractivity contribution is 5.73. The van der Waals surface area contributed by atoms with Gasteiger partial charge in [0.15, 0.2) is 11.6 Å². The number of nitrogens with one attached hydrogen (secondary N) is 1. The van der Waals surface area contributed by atoms with E-state index < -0.39 is 17.5 Å². The van der Waals surface area contributed by atoms with E-state index in [4.69, 9.17) is 4.74 Å². The standard InChI is InChI=1S/C27H38FN7O3/c1-19(36)33-14-16-34(17-15-33)21-11-9-20(10-12-21)30-25-29-18-22(28)24(31-25)35-13-7-6-8-23(35)32(5)26(37)38-27(2,3)4/h9-12,18,23H,6-8,13-17H2,1-5H3,(H,29,30,31). The van der Waals surface area contributed by atoms with Crippen LogP contribution in [0.25, 0.3) is 0 Å². The van der Waals surface area contributed by atoms with Gasteiger partial charge in [-0.25, -0.2) is 14.2 Å². The first-order valence-electron chi connectivity index (χ1n) is 13.1. The molecule has 0 aliphatic carbocycles. The Morgan fingerprint density at radius 3 is 2.39 bits per heavy atom. The van der Waals surface area contributed by atoms with Crippen LogP contribution in [0.3, 0.4) is 0 Å². The van der Waals surface area contributed by atoms with Crippen LogP contribution in [0.1, 0.15) is 47.0 Å². The van der Waals surface area contributed by atoms with Crippen LogP contribution in [0.4, 0.5) is 32.3 Å². The number of carbonyl (C=O) groups is 2. The van der Waals surface area contributed by atoms with Gasteiger partial charge in [0.05, 0.1) is 6.20 Å². The first-order valence-corrected chi connectivity index (χ1v) is 13.1. The normalized spacial score (nSPS) is 18.3. The highest BCUT2D eigenvalue weighted by Crippen LogP contribution is 2.29. The number of hydrogen-bond acceptors (Lipinski definition) is 8. The SMILES string of the molecule is CC(=O)N1CCN(c2ccc(Nc3ncc(F)c(N4CCCCC4N(C)C(=O)OC(C)(C)C)n3)cc2)CC1. The number of piperidine rings is 1. The van der Waals surface area contributed by atoms with E-state index in [1.807, 2.05) is 54.8 Å². The van der Waals surface area contributed by atoms with Gasteiger partial charge >= 0.3 is 6.09 Å². The molecule has 1 aromatic heterocycles. The van der Waals surface area contributed by atoms with Gasteiger partial charge in [0.1, 0.15) is 11.8 Å². The van der Waals surface area contributed by atoms with Gasteiger partial charge in [0, 0.05) is 58.1 Å². The summed E-state index contributed by atoms with van der Waals surface area (Å²) in [5.74, 6) is -0.00801. The average molecular weight is 528 g/mol. The highest BCUT2D eigenvalue weighted by atomic mass is 19.1. The van der Waals surface area contributed by atoms with E-state index in [1.54, 1.807) is 14.0 Å². The summed E-state index contributed by atoms with van der Waals surface area (Å²) in [6.07, 6.45) is 2.80. The predicted molar refractivity (Wildman–Crippen MR) is 145 cm³/mol. The van der Waals surface area contributed by atoms with Crippen LogP contribution in [0.15, 0.2) is 30.5 Å². The molecular weight excluding hydrogens is 489 g/mol. The lowest BCUT2D eigenvalue weighted by Gasteiger charge is -2.41. The molecule has 1 N–H and O–H groups in total. The molecule has 10 nitrogen and oxygen atoms in total. The van der Waals surface area contributed by atoms with Gasteiger partial charge < -0.3 is 24.8 Å². The summed E-state index contributed by atoms with van der Waals surface area (Å²) >= 11 is 0. The van der Waals surface area contributed by atoms with Crippen molar-refractivity contribution in [3.05, 3.63) is 36.3 Å². The summed E-state index contributed by atoms with van der Waals surface area (Å²) in [6, 6.07) is 7.87. The summed E-state index contributed by atoms with van der Waals surface area (Å²) in [6.45, 7) is 10.6. The smallest absolute Gasteiger partial charge is 0.411 e. The minimum absolute atomic E-state index is 0.107. The fourth-order valence-corrected chi connectivity index (χ4v) is 4.80. The maximum absolute atomic E-state index is 15.0. The van der Waals surface area contributed by atoms with E-state index in [0.717, 1.165) is 43.5 Å². The van der Waals surface area contributed by atoms with Crippen LogP contribution < -0.4 is 15.1 Å². The molecule has 11 heteroatoms. The second kappa shape index (κ2) is 11.4. The Kier molecular flexibility index (Phi) is 8.23. The Balaban J connectivity index is 1.46. The minimum atomic E-state index is -0.624. The largest absolute Gasteiger partial charge is 0.444 e. The van der Waals surface area contributed by atoms with Crippen LogP contribution in [0, 0.1) is 5.82 Å². The molecule has 2 aliphatic heterocycles. The van der Waals surface area contributed by atoms with Gasteiger partial charge in [-0.3, -0.25) is 9.69 Å². The number of halogens is 1. The monoisotopic (exact) mass is 527 g/mol. The Hall–Kier alpha value is -3.63. The Bertz CT molecular complexity index is 1130. The number of piperazine rings is 1. The summed E-state index contributed by atoms with van der Waals surface area (Å²) in [5, 5.41) is 3.17. The molecule has 3 heterocycles. The van der Waals surface area contributed by atoms with E-state index in [-0.39, 0.29) is 23.8 Å². The second-order valence-electron chi connectivity index (χ2n) is 10.8. The lowest BCUT2D eigenvalue weighted by molar-refractivity contribution is -0.129. The maximum atomic E-state index is 15.0. The number of nitrogens with zero attached hydrogens (tertiary/aromatic N) is 6. The molecule has 4 rings (SSSR count). The first kappa shape index (κ1) is 27.4. The predicted octanol–water partition coefficient (Wildman–Crippen LogP) is 4.21. The lowest BCUT2D eigenvalue weighted by Crippen LogP contribution is -2.53. The number of aromatic nitrogens is 2. The Morgan fingerprint density at radius 1 is 1.08 bits per heavy atom. The molecule has 0 saturated carbocycles. The van der Waals surface area contributed by atoms with Crippen LogP contribution in [-0.2, 0) is 9.53 Å². The number of rotatable bonds is 5. The van der Waals surface area contributed by atoms with E-state index in [9.17, 15) is 14.0 Å². The number of anilines is 4. The number of benzene rings is 1. The maximum Gasteiger partial charge on any atom is 0.411 e. The molecule has 2 fully saturated rings. The van der Waals surface area contributed by atoms with E-state index in [0.29, 0.717) is 26.1 Å². The summed E-state index contributed by atoms with van der Waals surface area (Å²) in [4.78, 5) is 40.4. The molecule has 0 radical (unpaired) electrons. The van der Waals surface area contributed by atoms with Crippen LogP contribution >= 0.6 is 0 Å². The third kappa shape index (κ3) is 6.62. The molecule has 38 heavy (non-hydrogen) atoms. The van der Waals surface area contributed by atoms with Crippen molar-refractivity contribution in [2.24, 2.45) is 0 Å². The van der Waals surface area contributed by atoms with Gasteiger partial charge in [-0.15, -0.1) is 0 Å². The third-order valence-electron chi connectivity index (χ3n) is 6.81. The molecule has 1 atom stereocenters.